The van der Waals surface area contributed by atoms with Gasteiger partial charge in [0.2, 0.25) is 0 Å². The van der Waals surface area contributed by atoms with Gasteiger partial charge < -0.3 is 15.1 Å². The van der Waals surface area contributed by atoms with Crippen LogP contribution in [0.5, 0.6) is 0 Å². The third-order valence-electron chi connectivity index (χ3n) is 5.04. The molecule has 0 saturated carbocycles. The molecule has 0 radical (unpaired) electrons. The Kier molecular flexibility index (Phi) is 6.62. The molecule has 1 N–H and O–H groups in total. The third-order valence-corrected chi connectivity index (χ3v) is 6.61. The Hall–Kier alpha value is -2.05. The molecular weight excluding hydrogens is 394 g/mol. The van der Waals surface area contributed by atoms with Crippen LogP contribution in [0, 0.1) is 0 Å². The van der Waals surface area contributed by atoms with Gasteiger partial charge in [0.1, 0.15) is 0 Å². The van der Waals surface area contributed by atoms with E-state index < -0.39 is 0 Å². The number of hydrogen-bond acceptors (Lipinski definition) is 3. The largest absolute Gasteiger partial charge is 0.337 e. The summed E-state index contributed by atoms with van der Waals surface area (Å²) in [7, 11) is 0. The zero-order valence-corrected chi connectivity index (χ0v) is 17.9. The van der Waals surface area contributed by atoms with Crippen LogP contribution < -0.4 is 5.32 Å². The molecule has 1 aromatic carbocycles. The number of hydrogen-bond donors (Lipinski definition) is 1. The van der Waals surface area contributed by atoms with Crippen molar-refractivity contribution in [2.75, 3.05) is 32.7 Å². The van der Waals surface area contributed by atoms with Gasteiger partial charge in [-0.2, -0.15) is 0 Å². The van der Waals surface area contributed by atoms with Gasteiger partial charge in [-0.3, -0.25) is 4.79 Å². The molecule has 1 aromatic heterocycles. The zero-order chi connectivity index (χ0) is 20.1. The molecule has 0 spiro atoms. The summed E-state index contributed by atoms with van der Waals surface area (Å²) in [5.74, 6) is -0.0771. The highest BCUT2D eigenvalue weighted by Crippen LogP contribution is 2.26. The fraction of sp³-hybridized carbons (Fsp3) is 0.429. The Morgan fingerprint density at radius 3 is 2.50 bits per heavy atom. The van der Waals surface area contributed by atoms with Gasteiger partial charge in [0.25, 0.3) is 5.91 Å². The van der Waals surface area contributed by atoms with Crippen LogP contribution in [0.25, 0.3) is 0 Å². The fourth-order valence-corrected chi connectivity index (χ4v) is 4.36. The second kappa shape index (κ2) is 8.97. The lowest BCUT2D eigenvalue weighted by atomic mass is 9.91. The van der Waals surface area contributed by atoms with Crippen molar-refractivity contribution in [3.63, 3.8) is 0 Å². The molecule has 5 nitrogen and oxygen atoms in total. The first kappa shape index (κ1) is 20.7. The van der Waals surface area contributed by atoms with Crippen molar-refractivity contribution in [2.24, 2.45) is 0 Å². The molecule has 0 bridgehead atoms. The van der Waals surface area contributed by atoms with Crippen LogP contribution in [0.2, 0.25) is 5.02 Å². The Morgan fingerprint density at radius 2 is 1.79 bits per heavy atom. The minimum absolute atomic E-state index is 0.0725. The molecule has 28 heavy (non-hydrogen) atoms. The molecular formula is C21H26ClN3O2S. The van der Waals surface area contributed by atoms with Gasteiger partial charge in [-0.05, 0) is 30.0 Å². The monoisotopic (exact) mass is 419 g/mol. The molecule has 0 aliphatic carbocycles. The van der Waals surface area contributed by atoms with Gasteiger partial charge in [-0.1, -0.05) is 43.6 Å². The Balaban J connectivity index is 1.55. The maximum Gasteiger partial charge on any atom is 0.317 e. The molecule has 2 heterocycles. The lowest BCUT2D eigenvalue weighted by Gasteiger charge is -2.27. The summed E-state index contributed by atoms with van der Waals surface area (Å²) in [4.78, 5) is 30.3. The van der Waals surface area contributed by atoms with Gasteiger partial charge >= 0.3 is 6.03 Å². The first-order valence-electron chi connectivity index (χ1n) is 9.49. The Bertz CT molecular complexity index is 823. The highest BCUT2D eigenvalue weighted by Gasteiger charge is 2.26. The van der Waals surface area contributed by atoms with E-state index in [4.69, 9.17) is 11.6 Å². The number of benzene rings is 1. The predicted octanol–water partition coefficient (Wildman–Crippen LogP) is 4.24. The van der Waals surface area contributed by atoms with E-state index in [1.54, 1.807) is 33.3 Å². The molecule has 7 heteroatoms. The second-order valence-corrected chi connectivity index (χ2v) is 8.99. The minimum atomic E-state index is -0.109. The Morgan fingerprint density at radius 1 is 1.07 bits per heavy atom. The van der Waals surface area contributed by atoms with Crippen molar-refractivity contribution in [3.05, 3.63) is 57.2 Å². The van der Waals surface area contributed by atoms with Crippen LogP contribution in [0.15, 0.2) is 41.8 Å². The molecule has 1 saturated heterocycles. The van der Waals surface area contributed by atoms with Crippen LogP contribution in [0.3, 0.4) is 0 Å². The molecule has 1 aliphatic heterocycles. The van der Waals surface area contributed by atoms with Crippen LogP contribution >= 0.6 is 22.9 Å². The van der Waals surface area contributed by atoms with E-state index in [0.29, 0.717) is 43.3 Å². The molecule has 0 atom stereocenters. The van der Waals surface area contributed by atoms with E-state index in [1.165, 1.54) is 4.88 Å². The molecule has 150 valence electrons. The zero-order valence-electron chi connectivity index (χ0n) is 16.3. The topological polar surface area (TPSA) is 52.7 Å². The van der Waals surface area contributed by atoms with Crippen LogP contribution in [0.4, 0.5) is 4.79 Å². The standard InChI is InChI=1S/C21H26ClN3O2S/c1-21(2,18-9-5-14-28-18)15-23-20(27)25-11-6-10-24(12-13-25)19(26)16-7-3-4-8-17(16)22/h3-5,7-9,14H,6,10-13,15H2,1-2H3,(H,23,27). The van der Waals surface area contributed by atoms with Crippen molar-refractivity contribution < 1.29 is 9.59 Å². The summed E-state index contributed by atoms with van der Waals surface area (Å²) in [6, 6.07) is 11.1. The SMILES string of the molecule is CC(C)(CNC(=O)N1CCCN(C(=O)c2ccccc2Cl)CC1)c1cccs1. The summed E-state index contributed by atoms with van der Waals surface area (Å²) in [5, 5.41) is 5.58. The number of rotatable bonds is 4. The lowest BCUT2D eigenvalue weighted by Crippen LogP contribution is -2.46. The van der Waals surface area contributed by atoms with Gasteiger partial charge in [0, 0.05) is 43.0 Å². The molecule has 3 amide bonds. The van der Waals surface area contributed by atoms with Gasteiger partial charge in [0.15, 0.2) is 0 Å². The van der Waals surface area contributed by atoms with E-state index >= 15 is 0 Å². The summed E-state index contributed by atoms with van der Waals surface area (Å²) in [6.07, 6.45) is 0.748. The first-order valence-corrected chi connectivity index (χ1v) is 10.7. The number of urea groups is 1. The van der Waals surface area contributed by atoms with E-state index in [1.807, 2.05) is 18.2 Å². The summed E-state index contributed by atoms with van der Waals surface area (Å²) >= 11 is 7.87. The number of carbonyl (C=O) groups excluding carboxylic acids is 2. The number of nitrogens with one attached hydrogen (secondary N) is 1. The van der Waals surface area contributed by atoms with Gasteiger partial charge in [-0.25, -0.2) is 4.79 Å². The number of amides is 3. The molecule has 2 aromatic rings. The van der Waals surface area contributed by atoms with E-state index in [2.05, 4.69) is 30.6 Å². The van der Waals surface area contributed by atoms with E-state index in [9.17, 15) is 9.59 Å². The normalized spacial score (nSPS) is 15.2. The third kappa shape index (κ3) is 4.86. The minimum Gasteiger partial charge on any atom is -0.337 e. The van der Waals surface area contributed by atoms with Crippen LogP contribution in [0.1, 0.15) is 35.5 Å². The average molecular weight is 420 g/mol. The smallest absolute Gasteiger partial charge is 0.317 e. The summed E-state index contributed by atoms with van der Waals surface area (Å²) < 4.78 is 0. The predicted molar refractivity (Wildman–Crippen MR) is 114 cm³/mol. The van der Waals surface area contributed by atoms with Crippen molar-refractivity contribution in [1.29, 1.82) is 0 Å². The summed E-state index contributed by atoms with van der Waals surface area (Å²) in [6.45, 7) is 7.11. The average Bonchev–Trinajstić information content (AvgIpc) is 3.12. The number of carbonyl (C=O) groups is 2. The quantitative estimate of drug-likeness (QED) is 0.805. The molecule has 1 fully saturated rings. The highest BCUT2D eigenvalue weighted by atomic mass is 35.5. The van der Waals surface area contributed by atoms with E-state index in [0.717, 1.165) is 6.42 Å². The summed E-state index contributed by atoms with van der Waals surface area (Å²) in [5.41, 5.74) is 0.404. The maximum absolute atomic E-state index is 12.8. The number of thiophene rings is 1. The molecule has 0 unspecified atom stereocenters. The maximum atomic E-state index is 12.8. The second-order valence-electron chi connectivity index (χ2n) is 7.63. The molecule has 3 rings (SSSR count). The number of nitrogens with zero attached hydrogens (tertiary/aromatic N) is 2. The van der Waals surface area contributed by atoms with Gasteiger partial charge in [-0.15, -0.1) is 11.3 Å². The van der Waals surface area contributed by atoms with Crippen molar-refractivity contribution in [1.82, 2.24) is 15.1 Å². The lowest BCUT2D eigenvalue weighted by molar-refractivity contribution is 0.0762. The van der Waals surface area contributed by atoms with E-state index in [-0.39, 0.29) is 17.4 Å². The van der Waals surface area contributed by atoms with Gasteiger partial charge in [0.05, 0.1) is 10.6 Å². The fourth-order valence-electron chi connectivity index (χ4n) is 3.29. The Labute approximate surface area is 175 Å². The van der Waals surface area contributed by atoms with Crippen molar-refractivity contribution in [3.8, 4) is 0 Å². The highest BCUT2D eigenvalue weighted by molar-refractivity contribution is 7.10. The van der Waals surface area contributed by atoms with Crippen molar-refractivity contribution in [2.45, 2.75) is 25.7 Å². The first-order chi connectivity index (χ1) is 13.4. The number of halogens is 1. The van der Waals surface area contributed by atoms with Crippen LogP contribution in [-0.4, -0.2) is 54.5 Å². The van der Waals surface area contributed by atoms with Crippen LogP contribution in [-0.2, 0) is 5.41 Å². The van der Waals surface area contributed by atoms with Crippen molar-refractivity contribution >= 4 is 34.9 Å². The molecule has 1 aliphatic rings.